The molecule has 13 heavy (non-hydrogen) atoms. The van der Waals surface area contributed by atoms with Gasteiger partial charge in [0, 0.05) is 0 Å². The Balaban J connectivity index is 3.12. The lowest BCUT2D eigenvalue weighted by atomic mass is 10.1. The molecule has 0 fully saturated rings. The van der Waals surface area contributed by atoms with Crippen LogP contribution in [0.15, 0.2) is 12.4 Å². The van der Waals surface area contributed by atoms with Gasteiger partial charge in [-0.15, -0.1) is 0 Å². The Bertz CT molecular complexity index is 284. The van der Waals surface area contributed by atoms with Crippen molar-refractivity contribution < 1.29 is 22.7 Å². The third-order valence-electron chi connectivity index (χ3n) is 1.42. The van der Waals surface area contributed by atoms with Crippen molar-refractivity contribution in [3.8, 4) is 0 Å². The molecule has 0 bridgehead atoms. The normalized spacial score (nSPS) is 13.4. The summed E-state index contributed by atoms with van der Waals surface area (Å²) in [5.41, 5.74) is -1.05. The summed E-state index contributed by atoms with van der Waals surface area (Å²) >= 11 is 0. The summed E-state index contributed by atoms with van der Waals surface area (Å²) in [4.78, 5) is 3.08. The lowest BCUT2D eigenvalue weighted by Crippen LogP contribution is -2.12. The zero-order valence-corrected chi connectivity index (χ0v) is 6.22. The van der Waals surface area contributed by atoms with Crippen LogP contribution in [0.2, 0.25) is 0 Å². The van der Waals surface area contributed by atoms with Gasteiger partial charge in [-0.2, -0.15) is 0 Å². The summed E-state index contributed by atoms with van der Waals surface area (Å²) in [5, 5.41) is 8.70. The van der Waals surface area contributed by atoms with Crippen LogP contribution in [0.25, 0.3) is 0 Å². The average molecular weight is 195 g/mol. The fourth-order valence-electron chi connectivity index (χ4n) is 0.830. The fourth-order valence-corrected chi connectivity index (χ4v) is 0.830. The highest BCUT2D eigenvalue weighted by atomic mass is 19.3. The molecule has 0 aromatic carbocycles. The second-order valence-electron chi connectivity index (χ2n) is 2.30. The first-order valence-corrected chi connectivity index (χ1v) is 3.29. The third-order valence-corrected chi connectivity index (χ3v) is 1.42. The molecule has 1 atom stereocenters. The number of alkyl halides is 2. The summed E-state index contributed by atoms with van der Waals surface area (Å²) in [7, 11) is 0. The Labute approximate surface area is 70.8 Å². The van der Waals surface area contributed by atoms with E-state index in [4.69, 9.17) is 5.11 Å². The van der Waals surface area contributed by atoms with Gasteiger partial charge in [-0.3, -0.25) is 4.98 Å². The van der Waals surface area contributed by atoms with Crippen LogP contribution in [0.3, 0.4) is 0 Å². The number of nitrogens with zero attached hydrogens (tertiary/aromatic N) is 1. The van der Waals surface area contributed by atoms with Gasteiger partial charge < -0.3 is 5.11 Å². The van der Waals surface area contributed by atoms with Crippen molar-refractivity contribution in [1.82, 2.24) is 4.98 Å². The van der Waals surface area contributed by atoms with E-state index in [-0.39, 0.29) is 0 Å². The highest BCUT2D eigenvalue weighted by Gasteiger charge is 2.26. The summed E-state index contributed by atoms with van der Waals surface area (Å²) in [6, 6.07) is 0. The van der Waals surface area contributed by atoms with E-state index in [1.165, 1.54) is 0 Å². The van der Waals surface area contributed by atoms with Crippen LogP contribution in [-0.2, 0) is 0 Å². The van der Waals surface area contributed by atoms with Gasteiger partial charge in [0.05, 0.1) is 18.0 Å². The number of aliphatic hydroxyl groups excluding tert-OH is 1. The van der Waals surface area contributed by atoms with Crippen molar-refractivity contribution >= 4 is 0 Å². The zero-order chi connectivity index (χ0) is 10.0. The van der Waals surface area contributed by atoms with E-state index in [1.54, 1.807) is 0 Å². The molecule has 0 aliphatic carbocycles. The Kier molecular flexibility index (Phi) is 2.82. The molecular weight excluding hydrogens is 190 g/mol. The maximum Gasteiger partial charge on any atom is 0.268 e. The highest BCUT2D eigenvalue weighted by molar-refractivity contribution is 5.18. The minimum absolute atomic E-state index is 0.560. The average Bonchev–Trinajstić information content (AvgIpc) is 2.03. The SMILES string of the molecule is OC(c1c(F)cncc1F)C(F)F. The maximum absolute atomic E-state index is 12.7. The molecule has 0 spiro atoms. The number of pyridine rings is 1. The fraction of sp³-hybridized carbons (Fsp3) is 0.286. The van der Waals surface area contributed by atoms with Gasteiger partial charge in [-0.1, -0.05) is 0 Å². The van der Waals surface area contributed by atoms with Crippen molar-refractivity contribution in [2.24, 2.45) is 0 Å². The predicted molar refractivity (Wildman–Crippen MR) is 35.1 cm³/mol. The van der Waals surface area contributed by atoms with Crippen LogP contribution in [0.1, 0.15) is 11.7 Å². The first-order chi connectivity index (χ1) is 6.04. The molecule has 0 aliphatic heterocycles. The summed E-state index contributed by atoms with van der Waals surface area (Å²) in [5.74, 6) is -2.57. The van der Waals surface area contributed by atoms with Crippen LogP contribution in [0.5, 0.6) is 0 Å². The smallest absolute Gasteiger partial charge is 0.268 e. The third kappa shape index (κ3) is 1.95. The lowest BCUT2D eigenvalue weighted by Gasteiger charge is -2.10. The lowest BCUT2D eigenvalue weighted by molar-refractivity contribution is -0.00987. The molecule has 0 saturated heterocycles. The topological polar surface area (TPSA) is 33.1 Å². The molecule has 6 heteroatoms. The van der Waals surface area contributed by atoms with E-state index in [0.717, 1.165) is 0 Å². The van der Waals surface area contributed by atoms with E-state index >= 15 is 0 Å². The monoisotopic (exact) mass is 195 g/mol. The molecule has 2 nitrogen and oxygen atoms in total. The molecule has 1 N–H and O–H groups in total. The molecule has 1 unspecified atom stereocenters. The van der Waals surface area contributed by atoms with Gasteiger partial charge in [-0.25, -0.2) is 17.6 Å². The first kappa shape index (κ1) is 9.91. The second-order valence-corrected chi connectivity index (χ2v) is 2.30. The van der Waals surface area contributed by atoms with Gasteiger partial charge in [0.25, 0.3) is 6.43 Å². The first-order valence-electron chi connectivity index (χ1n) is 3.29. The van der Waals surface area contributed by atoms with Crippen LogP contribution in [0, 0.1) is 11.6 Å². The molecule has 1 aromatic rings. The number of hydrogen-bond donors (Lipinski definition) is 1. The molecule has 0 radical (unpaired) electrons. The van der Waals surface area contributed by atoms with Crippen molar-refractivity contribution in [1.29, 1.82) is 0 Å². The van der Waals surface area contributed by atoms with Crippen LogP contribution in [0.4, 0.5) is 17.6 Å². The number of aliphatic hydroxyl groups is 1. The largest absolute Gasteiger partial charge is 0.382 e. The Morgan fingerprint density at radius 1 is 1.15 bits per heavy atom. The van der Waals surface area contributed by atoms with E-state index in [9.17, 15) is 17.6 Å². The van der Waals surface area contributed by atoms with Gasteiger partial charge in [0.2, 0.25) is 0 Å². The summed E-state index contributed by atoms with van der Waals surface area (Å²) in [6.45, 7) is 0. The summed E-state index contributed by atoms with van der Waals surface area (Å²) < 4.78 is 49.1. The quantitative estimate of drug-likeness (QED) is 0.728. The number of aromatic nitrogens is 1. The molecule has 72 valence electrons. The Morgan fingerprint density at radius 3 is 2.00 bits per heavy atom. The summed E-state index contributed by atoms with van der Waals surface area (Å²) in [6.07, 6.45) is -4.57. The maximum atomic E-state index is 12.7. The van der Waals surface area contributed by atoms with Crippen LogP contribution >= 0.6 is 0 Å². The van der Waals surface area contributed by atoms with Crippen molar-refractivity contribution in [3.05, 3.63) is 29.6 Å². The van der Waals surface area contributed by atoms with E-state index in [0.29, 0.717) is 12.4 Å². The van der Waals surface area contributed by atoms with Gasteiger partial charge in [-0.05, 0) is 0 Å². The van der Waals surface area contributed by atoms with E-state index < -0.39 is 29.7 Å². The molecule has 0 amide bonds. The minimum Gasteiger partial charge on any atom is -0.382 e. The number of hydrogen-bond acceptors (Lipinski definition) is 2. The minimum atomic E-state index is -3.23. The van der Waals surface area contributed by atoms with Gasteiger partial charge >= 0.3 is 0 Å². The molecule has 1 aromatic heterocycles. The second kappa shape index (κ2) is 3.69. The highest BCUT2D eigenvalue weighted by Crippen LogP contribution is 2.24. The zero-order valence-electron chi connectivity index (χ0n) is 6.22. The van der Waals surface area contributed by atoms with Crippen molar-refractivity contribution in [2.75, 3.05) is 0 Å². The van der Waals surface area contributed by atoms with E-state index in [1.807, 2.05) is 0 Å². The molecule has 0 aliphatic rings. The molecule has 0 saturated carbocycles. The van der Waals surface area contributed by atoms with Gasteiger partial charge in [0.15, 0.2) is 0 Å². The molecule has 1 rings (SSSR count). The molecular formula is C7H5F4NO. The predicted octanol–water partition coefficient (Wildman–Crippen LogP) is 1.66. The van der Waals surface area contributed by atoms with Gasteiger partial charge in [0.1, 0.15) is 17.7 Å². The standard InChI is InChI=1S/C7H5F4NO/c8-3-1-12-2-4(9)5(3)6(13)7(10)11/h1-2,6-7,13H. The number of halogens is 4. The van der Waals surface area contributed by atoms with Crippen molar-refractivity contribution in [2.45, 2.75) is 12.5 Å². The Hall–Kier alpha value is -1.17. The van der Waals surface area contributed by atoms with Crippen molar-refractivity contribution in [3.63, 3.8) is 0 Å². The van der Waals surface area contributed by atoms with Crippen LogP contribution in [-0.4, -0.2) is 16.5 Å². The van der Waals surface area contributed by atoms with E-state index in [2.05, 4.69) is 4.98 Å². The van der Waals surface area contributed by atoms with Crippen LogP contribution < -0.4 is 0 Å². The Morgan fingerprint density at radius 2 is 1.62 bits per heavy atom. The number of rotatable bonds is 2. The molecule has 1 heterocycles.